The van der Waals surface area contributed by atoms with E-state index in [0.29, 0.717) is 29.5 Å². The fourth-order valence-electron chi connectivity index (χ4n) is 2.88. The normalized spacial score (nSPS) is 16.4. The Kier molecular flexibility index (Phi) is 7.07. The molecule has 3 rings (SSSR count). The maximum absolute atomic E-state index is 12.3. The number of hydrogen-bond donors (Lipinski definition) is 1. The standard InChI is InChI=1S/C22H21ClN2O3/c23-19-9-7-16(8-10-19)15-28-21-6-2-1-4-17(21)12-18(13-24)22(26)25-14-20-5-3-11-27-20/h1-2,4,6-10,12,20H,3,5,11,14-15H2,(H,25,26)/b18-12+/t20-/m0/s1. The van der Waals surface area contributed by atoms with Crippen molar-refractivity contribution >= 4 is 23.6 Å². The number of carbonyl (C=O) groups excluding carboxylic acids is 1. The molecule has 0 radical (unpaired) electrons. The van der Waals surface area contributed by atoms with E-state index in [9.17, 15) is 10.1 Å². The van der Waals surface area contributed by atoms with Crippen LogP contribution in [0.25, 0.3) is 6.08 Å². The third-order valence-corrected chi connectivity index (χ3v) is 4.66. The van der Waals surface area contributed by atoms with Gasteiger partial charge in [-0.15, -0.1) is 0 Å². The summed E-state index contributed by atoms with van der Waals surface area (Å²) in [6, 6.07) is 16.6. The average molecular weight is 397 g/mol. The maximum Gasteiger partial charge on any atom is 0.262 e. The smallest absolute Gasteiger partial charge is 0.262 e. The number of amides is 1. The van der Waals surface area contributed by atoms with E-state index in [0.717, 1.165) is 25.0 Å². The van der Waals surface area contributed by atoms with Gasteiger partial charge in [-0.1, -0.05) is 41.9 Å². The Balaban J connectivity index is 1.67. The van der Waals surface area contributed by atoms with Crippen LogP contribution in [-0.4, -0.2) is 25.2 Å². The minimum absolute atomic E-state index is 0.0267. The first-order valence-electron chi connectivity index (χ1n) is 9.13. The lowest BCUT2D eigenvalue weighted by atomic mass is 10.1. The number of hydrogen-bond acceptors (Lipinski definition) is 4. The van der Waals surface area contributed by atoms with E-state index in [2.05, 4.69) is 5.32 Å². The number of nitrogens with one attached hydrogen (secondary N) is 1. The van der Waals surface area contributed by atoms with Gasteiger partial charge in [-0.3, -0.25) is 4.79 Å². The van der Waals surface area contributed by atoms with Crippen LogP contribution < -0.4 is 10.1 Å². The second kappa shape index (κ2) is 9.93. The molecule has 0 bridgehead atoms. The van der Waals surface area contributed by atoms with Crippen LogP contribution in [0.1, 0.15) is 24.0 Å². The van der Waals surface area contributed by atoms with E-state index in [4.69, 9.17) is 21.1 Å². The van der Waals surface area contributed by atoms with Crippen LogP contribution in [0.4, 0.5) is 0 Å². The summed E-state index contributed by atoms with van der Waals surface area (Å²) in [6.07, 6.45) is 3.49. The summed E-state index contributed by atoms with van der Waals surface area (Å²) in [5.74, 6) is 0.183. The zero-order chi connectivity index (χ0) is 19.8. The van der Waals surface area contributed by atoms with Crippen LogP contribution in [0.3, 0.4) is 0 Å². The molecule has 0 aromatic heterocycles. The molecule has 1 atom stereocenters. The van der Waals surface area contributed by atoms with Gasteiger partial charge in [0.15, 0.2) is 0 Å². The largest absolute Gasteiger partial charge is 0.488 e. The number of para-hydroxylation sites is 1. The molecule has 28 heavy (non-hydrogen) atoms. The van der Waals surface area contributed by atoms with Crippen LogP contribution >= 0.6 is 11.6 Å². The van der Waals surface area contributed by atoms with Gasteiger partial charge in [0.05, 0.1) is 6.10 Å². The van der Waals surface area contributed by atoms with Crippen molar-refractivity contribution in [2.75, 3.05) is 13.2 Å². The van der Waals surface area contributed by atoms with Crippen molar-refractivity contribution in [3.8, 4) is 11.8 Å². The Morgan fingerprint density at radius 3 is 2.79 bits per heavy atom. The summed E-state index contributed by atoms with van der Waals surface area (Å²) < 4.78 is 11.4. The van der Waals surface area contributed by atoms with Crippen LogP contribution in [0.5, 0.6) is 5.75 Å². The molecule has 0 spiro atoms. The van der Waals surface area contributed by atoms with Crippen molar-refractivity contribution in [2.45, 2.75) is 25.6 Å². The van der Waals surface area contributed by atoms with Crippen LogP contribution in [0.15, 0.2) is 54.1 Å². The zero-order valence-corrected chi connectivity index (χ0v) is 16.1. The fraction of sp³-hybridized carbons (Fsp3) is 0.273. The molecule has 2 aromatic carbocycles. The van der Waals surface area contributed by atoms with E-state index in [-0.39, 0.29) is 11.7 Å². The highest BCUT2D eigenvalue weighted by atomic mass is 35.5. The van der Waals surface area contributed by atoms with Crippen molar-refractivity contribution in [1.29, 1.82) is 5.26 Å². The van der Waals surface area contributed by atoms with Crippen molar-refractivity contribution < 1.29 is 14.3 Å². The highest BCUT2D eigenvalue weighted by molar-refractivity contribution is 6.30. The molecule has 144 valence electrons. The fourth-order valence-corrected chi connectivity index (χ4v) is 3.01. The SMILES string of the molecule is N#C/C(=C\c1ccccc1OCc1ccc(Cl)cc1)C(=O)NC[C@@H]1CCCO1. The number of nitriles is 1. The van der Waals surface area contributed by atoms with Crippen LogP contribution in [0.2, 0.25) is 5.02 Å². The molecular weight excluding hydrogens is 376 g/mol. The average Bonchev–Trinajstić information content (AvgIpc) is 3.24. The summed E-state index contributed by atoms with van der Waals surface area (Å²) in [7, 11) is 0. The molecule has 1 heterocycles. The van der Waals surface area contributed by atoms with Gasteiger partial charge in [-0.05, 0) is 42.7 Å². The Morgan fingerprint density at radius 1 is 1.29 bits per heavy atom. The summed E-state index contributed by atoms with van der Waals surface area (Å²) in [5.41, 5.74) is 1.67. The molecule has 1 saturated heterocycles. The van der Waals surface area contributed by atoms with Crippen molar-refractivity contribution in [3.05, 3.63) is 70.3 Å². The first-order chi connectivity index (χ1) is 13.7. The predicted octanol–water partition coefficient (Wildman–Crippen LogP) is 4.12. The second-order valence-corrected chi connectivity index (χ2v) is 6.90. The number of halogens is 1. The highest BCUT2D eigenvalue weighted by Crippen LogP contribution is 2.22. The van der Waals surface area contributed by atoms with Gasteiger partial charge in [0.2, 0.25) is 0 Å². The minimum Gasteiger partial charge on any atom is -0.488 e. The Bertz CT molecular complexity index is 881. The topological polar surface area (TPSA) is 71.3 Å². The summed E-state index contributed by atoms with van der Waals surface area (Å²) in [5, 5.41) is 12.8. The monoisotopic (exact) mass is 396 g/mol. The van der Waals surface area contributed by atoms with Crippen LogP contribution in [0, 0.1) is 11.3 Å². The quantitative estimate of drug-likeness (QED) is 0.564. The Labute approximate surface area is 169 Å². The number of rotatable bonds is 7. The second-order valence-electron chi connectivity index (χ2n) is 6.47. The van der Waals surface area contributed by atoms with Crippen molar-refractivity contribution in [2.24, 2.45) is 0 Å². The first kappa shape index (κ1) is 19.9. The lowest BCUT2D eigenvalue weighted by Gasteiger charge is -2.11. The van der Waals surface area contributed by atoms with Gasteiger partial charge in [-0.25, -0.2) is 0 Å². The number of carbonyl (C=O) groups is 1. The summed E-state index contributed by atoms with van der Waals surface area (Å²) in [4.78, 5) is 12.3. The van der Waals surface area contributed by atoms with Crippen molar-refractivity contribution in [1.82, 2.24) is 5.32 Å². The molecule has 5 nitrogen and oxygen atoms in total. The van der Waals surface area contributed by atoms with E-state index in [1.54, 1.807) is 24.3 Å². The lowest BCUT2D eigenvalue weighted by molar-refractivity contribution is -0.117. The number of ether oxygens (including phenoxy) is 2. The molecule has 1 N–H and O–H groups in total. The molecule has 6 heteroatoms. The molecule has 0 unspecified atom stereocenters. The zero-order valence-electron chi connectivity index (χ0n) is 15.4. The molecule has 1 aliphatic heterocycles. The first-order valence-corrected chi connectivity index (χ1v) is 9.51. The molecule has 0 saturated carbocycles. The van der Waals surface area contributed by atoms with Gasteiger partial charge >= 0.3 is 0 Å². The molecule has 1 aliphatic rings. The van der Waals surface area contributed by atoms with Gasteiger partial charge in [-0.2, -0.15) is 5.26 Å². The van der Waals surface area contributed by atoms with Crippen LogP contribution in [-0.2, 0) is 16.1 Å². The Hall–Kier alpha value is -2.81. The predicted molar refractivity (Wildman–Crippen MR) is 108 cm³/mol. The van der Waals surface area contributed by atoms with Gasteiger partial charge in [0, 0.05) is 23.7 Å². The van der Waals surface area contributed by atoms with E-state index >= 15 is 0 Å². The number of nitrogens with zero attached hydrogens (tertiary/aromatic N) is 1. The van der Waals surface area contributed by atoms with Crippen molar-refractivity contribution in [3.63, 3.8) is 0 Å². The number of benzene rings is 2. The maximum atomic E-state index is 12.3. The lowest BCUT2D eigenvalue weighted by Crippen LogP contribution is -2.32. The Morgan fingerprint density at radius 2 is 2.07 bits per heavy atom. The van der Waals surface area contributed by atoms with E-state index in [1.807, 2.05) is 36.4 Å². The van der Waals surface area contributed by atoms with E-state index in [1.165, 1.54) is 0 Å². The highest BCUT2D eigenvalue weighted by Gasteiger charge is 2.18. The molecular formula is C22H21ClN2O3. The van der Waals surface area contributed by atoms with Gasteiger partial charge < -0.3 is 14.8 Å². The molecule has 1 amide bonds. The molecule has 1 fully saturated rings. The summed E-state index contributed by atoms with van der Waals surface area (Å²) in [6.45, 7) is 1.49. The van der Waals surface area contributed by atoms with Gasteiger partial charge in [0.1, 0.15) is 24.0 Å². The molecule has 0 aliphatic carbocycles. The third-order valence-electron chi connectivity index (χ3n) is 4.41. The third kappa shape index (κ3) is 5.59. The van der Waals surface area contributed by atoms with Gasteiger partial charge in [0.25, 0.3) is 5.91 Å². The van der Waals surface area contributed by atoms with E-state index < -0.39 is 5.91 Å². The minimum atomic E-state index is -0.412. The summed E-state index contributed by atoms with van der Waals surface area (Å²) >= 11 is 5.90. The molecule has 2 aromatic rings.